The number of halogens is 1. The van der Waals surface area contributed by atoms with E-state index in [0.717, 1.165) is 9.13 Å². The Morgan fingerprint density at radius 3 is 2.91 bits per heavy atom. The maximum absolute atomic E-state index is 8.42. The summed E-state index contributed by atoms with van der Waals surface area (Å²) in [7, 11) is 0. The molecule has 0 unspecified atom stereocenters. The minimum atomic E-state index is -0.0779. The van der Waals surface area contributed by atoms with Crippen LogP contribution in [0, 0.1) is 15.4 Å². The quantitative estimate of drug-likeness (QED) is 0.554. The van der Waals surface area contributed by atoms with Crippen LogP contribution >= 0.6 is 22.6 Å². The van der Waals surface area contributed by atoms with Crippen molar-refractivity contribution in [3.63, 3.8) is 0 Å². The van der Waals surface area contributed by atoms with Crippen LogP contribution in [0.3, 0.4) is 0 Å². The number of aliphatic hydroxyl groups is 1. The van der Waals surface area contributed by atoms with Gasteiger partial charge < -0.3 is 5.11 Å². The first-order valence-electron chi connectivity index (χ1n) is 3.18. The average Bonchev–Trinajstić information content (AvgIpc) is 2.01. The molecule has 0 radical (unpaired) electrons. The molecule has 2 heteroatoms. The van der Waals surface area contributed by atoms with E-state index >= 15 is 0 Å². The van der Waals surface area contributed by atoms with Gasteiger partial charge in [-0.15, -0.1) is 0 Å². The molecule has 0 heterocycles. The zero-order valence-corrected chi connectivity index (χ0v) is 8.00. The van der Waals surface area contributed by atoms with Gasteiger partial charge >= 0.3 is 0 Å². The summed E-state index contributed by atoms with van der Waals surface area (Å²) in [6, 6.07) is 7.85. The van der Waals surface area contributed by atoms with E-state index in [-0.39, 0.29) is 6.61 Å². The highest BCUT2D eigenvalue weighted by atomic mass is 127. The van der Waals surface area contributed by atoms with E-state index in [4.69, 9.17) is 5.11 Å². The maximum atomic E-state index is 8.42. The number of hydrogen-bond acceptors (Lipinski definition) is 1. The van der Waals surface area contributed by atoms with Crippen molar-refractivity contribution in [3.8, 4) is 11.8 Å². The van der Waals surface area contributed by atoms with Crippen molar-refractivity contribution < 1.29 is 5.11 Å². The molecule has 0 atom stereocenters. The smallest absolute Gasteiger partial charge is 0.104 e. The molecule has 1 nitrogen and oxygen atoms in total. The van der Waals surface area contributed by atoms with Gasteiger partial charge in [0.1, 0.15) is 6.61 Å². The van der Waals surface area contributed by atoms with Crippen LogP contribution in [0.5, 0.6) is 0 Å². The Hall–Kier alpha value is -0.530. The van der Waals surface area contributed by atoms with Gasteiger partial charge in [0.15, 0.2) is 0 Å². The lowest BCUT2D eigenvalue weighted by atomic mass is 10.2. The first-order chi connectivity index (χ1) is 5.33. The van der Waals surface area contributed by atoms with E-state index in [1.54, 1.807) is 0 Å². The minimum Gasteiger partial charge on any atom is -0.384 e. The molecular weight excluding hydrogens is 251 g/mol. The molecular formula is C9H7IO. The van der Waals surface area contributed by atoms with Crippen LogP contribution in [0.1, 0.15) is 5.56 Å². The molecule has 0 aliphatic carbocycles. The fraction of sp³-hybridized carbons (Fsp3) is 0.111. The zero-order chi connectivity index (χ0) is 8.10. The average molecular weight is 258 g/mol. The number of hydrogen-bond donors (Lipinski definition) is 1. The second-order valence-corrected chi connectivity index (χ2v) is 3.22. The highest BCUT2D eigenvalue weighted by molar-refractivity contribution is 14.1. The number of aliphatic hydroxyl groups excluding tert-OH is 1. The van der Waals surface area contributed by atoms with E-state index in [9.17, 15) is 0 Å². The van der Waals surface area contributed by atoms with E-state index in [1.807, 2.05) is 24.3 Å². The Bertz CT molecular complexity index is 296. The van der Waals surface area contributed by atoms with Gasteiger partial charge in [0.2, 0.25) is 0 Å². The molecule has 11 heavy (non-hydrogen) atoms. The molecule has 0 aromatic heterocycles. The van der Waals surface area contributed by atoms with Gasteiger partial charge in [-0.2, -0.15) is 0 Å². The summed E-state index contributed by atoms with van der Waals surface area (Å²) in [5.41, 5.74) is 0.950. The monoisotopic (exact) mass is 258 g/mol. The van der Waals surface area contributed by atoms with Gasteiger partial charge in [0.25, 0.3) is 0 Å². The van der Waals surface area contributed by atoms with Crippen LogP contribution in [0.25, 0.3) is 0 Å². The van der Waals surface area contributed by atoms with Crippen molar-refractivity contribution in [1.29, 1.82) is 0 Å². The molecule has 1 aromatic rings. The first kappa shape index (κ1) is 8.57. The van der Waals surface area contributed by atoms with Crippen molar-refractivity contribution in [2.75, 3.05) is 6.61 Å². The third kappa shape index (κ3) is 2.91. The molecule has 0 amide bonds. The van der Waals surface area contributed by atoms with Gasteiger partial charge in [0, 0.05) is 9.13 Å². The van der Waals surface area contributed by atoms with E-state index < -0.39 is 0 Å². The van der Waals surface area contributed by atoms with Crippen LogP contribution in [0.15, 0.2) is 24.3 Å². The highest BCUT2D eigenvalue weighted by Crippen LogP contribution is 2.05. The lowest BCUT2D eigenvalue weighted by Crippen LogP contribution is -1.77. The molecule has 0 aliphatic rings. The summed E-state index contributed by atoms with van der Waals surface area (Å²) >= 11 is 2.23. The normalized spacial score (nSPS) is 8.55. The van der Waals surface area contributed by atoms with Crippen LogP contribution in [-0.4, -0.2) is 11.7 Å². The third-order valence-electron chi connectivity index (χ3n) is 1.14. The standard InChI is InChI=1S/C9H7IO/c10-9-5-1-3-8(7-9)4-2-6-11/h1,3,5,7,11H,6H2. The second kappa shape index (κ2) is 4.37. The fourth-order valence-corrected chi connectivity index (χ4v) is 1.25. The summed E-state index contributed by atoms with van der Waals surface area (Å²) in [5, 5.41) is 8.42. The molecule has 0 saturated carbocycles. The van der Waals surface area contributed by atoms with Gasteiger partial charge in [-0.1, -0.05) is 17.9 Å². The van der Waals surface area contributed by atoms with E-state index in [0.29, 0.717) is 0 Å². The summed E-state index contributed by atoms with van der Waals surface area (Å²) < 4.78 is 1.16. The fourth-order valence-electron chi connectivity index (χ4n) is 0.708. The second-order valence-electron chi connectivity index (χ2n) is 1.97. The minimum absolute atomic E-state index is 0.0779. The Balaban J connectivity index is 2.87. The summed E-state index contributed by atoms with van der Waals surface area (Å²) in [6.45, 7) is -0.0779. The Kier molecular flexibility index (Phi) is 3.40. The third-order valence-corrected chi connectivity index (χ3v) is 1.81. The molecule has 56 valence electrons. The van der Waals surface area contributed by atoms with Gasteiger partial charge in [-0.3, -0.25) is 0 Å². The van der Waals surface area contributed by atoms with Crippen LogP contribution < -0.4 is 0 Å². The van der Waals surface area contributed by atoms with Crippen molar-refractivity contribution in [3.05, 3.63) is 33.4 Å². The van der Waals surface area contributed by atoms with E-state index in [1.165, 1.54) is 0 Å². The van der Waals surface area contributed by atoms with Crippen LogP contribution in [0.4, 0.5) is 0 Å². The number of benzene rings is 1. The molecule has 0 aliphatic heterocycles. The molecule has 1 N–H and O–H groups in total. The summed E-state index contributed by atoms with van der Waals surface area (Å²) in [4.78, 5) is 0. The molecule has 1 aromatic carbocycles. The lowest BCUT2D eigenvalue weighted by Gasteiger charge is -1.89. The molecule has 0 bridgehead atoms. The van der Waals surface area contributed by atoms with Crippen molar-refractivity contribution in [2.45, 2.75) is 0 Å². The highest BCUT2D eigenvalue weighted by Gasteiger charge is 1.86. The Labute approximate surface area is 79.6 Å². The predicted octanol–water partition coefficient (Wildman–Crippen LogP) is 1.63. The van der Waals surface area contributed by atoms with Crippen molar-refractivity contribution in [2.24, 2.45) is 0 Å². The van der Waals surface area contributed by atoms with Gasteiger partial charge in [0.05, 0.1) is 0 Å². The molecule has 1 rings (SSSR count). The van der Waals surface area contributed by atoms with Crippen molar-refractivity contribution in [1.82, 2.24) is 0 Å². The summed E-state index contributed by atoms with van der Waals surface area (Å²) in [5.74, 6) is 5.42. The molecule has 0 saturated heterocycles. The largest absolute Gasteiger partial charge is 0.384 e. The topological polar surface area (TPSA) is 20.2 Å². The van der Waals surface area contributed by atoms with Crippen molar-refractivity contribution >= 4 is 22.6 Å². The summed E-state index contributed by atoms with van der Waals surface area (Å²) in [6.07, 6.45) is 0. The zero-order valence-electron chi connectivity index (χ0n) is 5.84. The SMILES string of the molecule is OCC#Cc1cccc(I)c1. The van der Waals surface area contributed by atoms with E-state index in [2.05, 4.69) is 34.4 Å². The van der Waals surface area contributed by atoms with Gasteiger partial charge in [-0.05, 0) is 40.8 Å². The van der Waals surface area contributed by atoms with Gasteiger partial charge in [-0.25, -0.2) is 0 Å². The maximum Gasteiger partial charge on any atom is 0.104 e. The lowest BCUT2D eigenvalue weighted by molar-refractivity contribution is 0.350. The molecule has 0 spiro atoms. The Morgan fingerprint density at radius 2 is 2.27 bits per heavy atom. The molecule has 0 fully saturated rings. The first-order valence-corrected chi connectivity index (χ1v) is 4.26. The predicted molar refractivity (Wildman–Crippen MR) is 53.1 cm³/mol. The van der Waals surface area contributed by atoms with Crippen LogP contribution in [0.2, 0.25) is 0 Å². The number of rotatable bonds is 0. The van der Waals surface area contributed by atoms with Crippen LogP contribution in [-0.2, 0) is 0 Å². The Morgan fingerprint density at radius 1 is 1.45 bits per heavy atom.